The highest BCUT2D eigenvalue weighted by atomic mass is 16.6. The average molecular weight is 343 g/mol. The van der Waals surface area contributed by atoms with Crippen molar-refractivity contribution in [2.75, 3.05) is 23.8 Å². The van der Waals surface area contributed by atoms with Crippen molar-refractivity contribution in [3.05, 3.63) is 58.6 Å². The van der Waals surface area contributed by atoms with Gasteiger partial charge in [0.2, 0.25) is 5.91 Å². The minimum atomic E-state index is -0.436. The molecule has 25 heavy (non-hydrogen) atoms. The standard InChI is InChI=1S/C18H21N3O4/c1-2-25-17-7-4-3-6-16(17)20-18(22)8-5-13-19-14-9-11-15(12-10-14)21(23)24/h3-4,6-7,9-12,19H,2,5,8,13H2,1H3,(H,20,22). The predicted octanol–water partition coefficient (Wildman–Crippen LogP) is 3.82. The number of ether oxygens (including phenoxy) is 1. The predicted molar refractivity (Wildman–Crippen MR) is 97.1 cm³/mol. The molecule has 2 N–H and O–H groups in total. The first kappa shape index (κ1) is 18.3. The molecule has 1 amide bonds. The molecule has 0 fully saturated rings. The molecule has 0 aliphatic rings. The van der Waals surface area contributed by atoms with Crippen LogP contribution in [0.25, 0.3) is 0 Å². The molecule has 2 aromatic rings. The van der Waals surface area contributed by atoms with Gasteiger partial charge in [-0.1, -0.05) is 12.1 Å². The smallest absolute Gasteiger partial charge is 0.269 e. The molecule has 0 atom stereocenters. The normalized spacial score (nSPS) is 10.1. The Kier molecular flexibility index (Phi) is 6.76. The van der Waals surface area contributed by atoms with Crippen LogP contribution in [0.1, 0.15) is 19.8 Å². The Bertz CT molecular complexity index is 717. The van der Waals surface area contributed by atoms with Gasteiger partial charge in [0.15, 0.2) is 0 Å². The Morgan fingerprint density at radius 3 is 2.56 bits per heavy atom. The summed E-state index contributed by atoms with van der Waals surface area (Å²) in [5.74, 6) is 0.569. The van der Waals surface area contributed by atoms with E-state index in [1.54, 1.807) is 18.2 Å². The first-order valence-electron chi connectivity index (χ1n) is 8.10. The molecule has 0 saturated heterocycles. The molecule has 2 aromatic carbocycles. The van der Waals surface area contributed by atoms with E-state index in [-0.39, 0.29) is 11.6 Å². The summed E-state index contributed by atoms with van der Waals surface area (Å²) in [5.41, 5.74) is 1.50. The maximum Gasteiger partial charge on any atom is 0.269 e. The van der Waals surface area contributed by atoms with Gasteiger partial charge < -0.3 is 15.4 Å². The van der Waals surface area contributed by atoms with Crippen LogP contribution in [-0.2, 0) is 4.79 Å². The number of nitrogens with zero attached hydrogens (tertiary/aromatic N) is 1. The molecule has 0 saturated carbocycles. The largest absolute Gasteiger partial charge is 0.492 e. The Hall–Kier alpha value is -3.09. The zero-order valence-corrected chi connectivity index (χ0v) is 14.0. The zero-order chi connectivity index (χ0) is 18.1. The molecule has 0 aliphatic carbocycles. The number of amides is 1. The molecule has 0 bridgehead atoms. The van der Waals surface area contributed by atoms with E-state index in [1.165, 1.54) is 12.1 Å². The molecule has 0 aliphatic heterocycles. The fraction of sp³-hybridized carbons (Fsp3) is 0.278. The van der Waals surface area contributed by atoms with Crippen LogP contribution in [0.3, 0.4) is 0 Å². The van der Waals surface area contributed by atoms with E-state index in [9.17, 15) is 14.9 Å². The summed E-state index contributed by atoms with van der Waals surface area (Å²) in [4.78, 5) is 22.2. The van der Waals surface area contributed by atoms with Crippen molar-refractivity contribution in [2.24, 2.45) is 0 Å². The van der Waals surface area contributed by atoms with Gasteiger partial charge in [0.25, 0.3) is 5.69 Å². The van der Waals surface area contributed by atoms with Gasteiger partial charge in [-0.25, -0.2) is 0 Å². The summed E-state index contributed by atoms with van der Waals surface area (Å²) in [5, 5.41) is 16.6. The average Bonchev–Trinajstić information content (AvgIpc) is 2.61. The highest BCUT2D eigenvalue weighted by molar-refractivity contribution is 5.92. The molecule has 7 heteroatoms. The molecule has 7 nitrogen and oxygen atoms in total. The van der Waals surface area contributed by atoms with Crippen molar-refractivity contribution >= 4 is 23.0 Å². The molecular weight excluding hydrogens is 322 g/mol. The minimum absolute atomic E-state index is 0.0536. The first-order valence-corrected chi connectivity index (χ1v) is 8.10. The molecular formula is C18H21N3O4. The van der Waals surface area contributed by atoms with E-state index in [0.717, 1.165) is 5.69 Å². The number of rotatable bonds is 9. The molecule has 0 spiro atoms. The molecule has 0 unspecified atom stereocenters. The Balaban J connectivity index is 1.74. The van der Waals surface area contributed by atoms with E-state index in [2.05, 4.69) is 10.6 Å². The number of hydrogen-bond donors (Lipinski definition) is 2. The van der Waals surface area contributed by atoms with Crippen molar-refractivity contribution in [1.29, 1.82) is 0 Å². The van der Waals surface area contributed by atoms with Crippen molar-refractivity contribution in [1.82, 2.24) is 0 Å². The number of non-ortho nitro benzene ring substituents is 1. The van der Waals surface area contributed by atoms with Gasteiger partial charge in [-0.05, 0) is 37.6 Å². The third kappa shape index (κ3) is 5.80. The number of nitrogens with one attached hydrogen (secondary N) is 2. The lowest BCUT2D eigenvalue weighted by Gasteiger charge is -2.11. The third-order valence-corrected chi connectivity index (χ3v) is 3.45. The minimum Gasteiger partial charge on any atom is -0.492 e. The first-order chi connectivity index (χ1) is 12.1. The molecule has 2 rings (SSSR count). The van der Waals surface area contributed by atoms with Crippen molar-refractivity contribution < 1.29 is 14.5 Å². The van der Waals surface area contributed by atoms with E-state index in [4.69, 9.17) is 4.74 Å². The van der Waals surface area contributed by atoms with Gasteiger partial charge in [0.1, 0.15) is 5.75 Å². The number of para-hydroxylation sites is 2. The maximum atomic E-state index is 12.0. The van der Waals surface area contributed by atoms with Gasteiger partial charge in [-0.15, -0.1) is 0 Å². The summed E-state index contributed by atoms with van der Waals surface area (Å²) in [6.07, 6.45) is 1.00. The highest BCUT2D eigenvalue weighted by Crippen LogP contribution is 2.23. The second kappa shape index (κ2) is 9.27. The number of benzene rings is 2. The topological polar surface area (TPSA) is 93.5 Å². The molecule has 0 radical (unpaired) electrons. The fourth-order valence-electron chi connectivity index (χ4n) is 2.25. The van der Waals surface area contributed by atoms with E-state index >= 15 is 0 Å². The summed E-state index contributed by atoms with van der Waals surface area (Å²) in [6.45, 7) is 3.02. The van der Waals surface area contributed by atoms with Crippen LogP contribution >= 0.6 is 0 Å². The van der Waals surface area contributed by atoms with E-state index in [0.29, 0.717) is 37.4 Å². The van der Waals surface area contributed by atoms with E-state index < -0.39 is 4.92 Å². The van der Waals surface area contributed by atoms with Gasteiger partial charge in [0.05, 0.1) is 17.2 Å². The van der Waals surface area contributed by atoms with Gasteiger partial charge >= 0.3 is 0 Å². The lowest BCUT2D eigenvalue weighted by atomic mass is 10.2. The van der Waals surface area contributed by atoms with Crippen LogP contribution in [0.15, 0.2) is 48.5 Å². The van der Waals surface area contributed by atoms with Gasteiger partial charge in [-0.2, -0.15) is 0 Å². The Labute approximate surface area is 146 Å². The van der Waals surface area contributed by atoms with Crippen molar-refractivity contribution in [2.45, 2.75) is 19.8 Å². The maximum absolute atomic E-state index is 12.0. The lowest BCUT2D eigenvalue weighted by Crippen LogP contribution is -2.14. The molecule has 0 aromatic heterocycles. The van der Waals surface area contributed by atoms with Crippen molar-refractivity contribution in [3.63, 3.8) is 0 Å². The van der Waals surface area contributed by atoms with Crippen LogP contribution in [0.5, 0.6) is 5.75 Å². The van der Waals surface area contributed by atoms with Gasteiger partial charge in [-0.3, -0.25) is 14.9 Å². The van der Waals surface area contributed by atoms with Crippen molar-refractivity contribution in [3.8, 4) is 5.75 Å². The highest BCUT2D eigenvalue weighted by Gasteiger charge is 2.07. The van der Waals surface area contributed by atoms with Gasteiger partial charge in [0, 0.05) is 30.8 Å². The zero-order valence-electron chi connectivity index (χ0n) is 14.0. The summed E-state index contributed by atoms with van der Waals surface area (Å²) < 4.78 is 5.47. The third-order valence-electron chi connectivity index (χ3n) is 3.45. The summed E-state index contributed by atoms with van der Waals surface area (Å²) in [7, 11) is 0. The summed E-state index contributed by atoms with van der Waals surface area (Å²) >= 11 is 0. The van der Waals surface area contributed by atoms with E-state index in [1.807, 2.05) is 25.1 Å². The Morgan fingerprint density at radius 2 is 1.88 bits per heavy atom. The second-order valence-electron chi connectivity index (χ2n) is 5.31. The van der Waals surface area contributed by atoms with Crippen LogP contribution < -0.4 is 15.4 Å². The summed E-state index contributed by atoms with van der Waals surface area (Å²) in [6, 6.07) is 13.5. The number of hydrogen-bond acceptors (Lipinski definition) is 5. The Morgan fingerprint density at radius 1 is 1.16 bits per heavy atom. The van der Waals surface area contributed by atoms with Crippen LogP contribution in [-0.4, -0.2) is 24.0 Å². The SMILES string of the molecule is CCOc1ccccc1NC(=O)CCCNc1ccc([N+](=O)[O-])cc1. The molecule has 0 heterocycles. The van der Waals surface area contributed by atoms with Crippen LogP contribution in [0, 0.1) is 10.1 Å². The van der Waals surface area contributed by atoms with Crippen LogP contribution in [0.2, 0.25) is 0 Å². The number of carbonyl (C=O) groups excluding carboxylic acids is 1. The second-order valence-corrected chi connectivity index (χ2v) is 5.31. The van der Waals surface area contributed by atoms with Crippen LogP contribution in [0.4, 0.5) is 17.1 Å². The number of nitro benzene ring substituents is 1. The molecule has 132 valence electrons. The number of nitro groups is 1. The quantitative estimate of drug-likeness (QED) is 0.410. The lowest BCUT2D eigenvalue weighted by molar-refractivity contribution is -0.384. The fourth-order valence-corrected chi connectivity index (χ4v) is 2.25. The number of anilines is 2. The monoisotopic (exact) mass is 343 g/mol. The number of carbonyl (C=O) groups is 1.